The average Bonchev–Trinajstić information content (AvgIpc) is 2.93. The van der Waals surface area contributed by atoms with Crippen molar-refractivity contribution in [3.63, 3.8) is 0 Å². The molecule has 0 bridgehead atoms. The number of aryl methyl sites for hydroxylation is 1. The molecule has 23 heavy (non-hydrogen) atoms. The van der Waals surface area contributed by atoms with Crippen LogP contribution in [0.25, 0.3) is 0 Å². The molecule has 126 valence electrons. The zero-order valence-electron chi connectivity index (χ0n) is 14.0. The summed E-state index contributed by atoms with van der Waals surface area (Å²) >= 11 is 0. The highest BCUT2D eigenvalue weighted by molar-refractivity contribution is 5.77. The van der Waals surface area contributed by atoms with Crippen molar-refractivity contribution in [1.82, 2.24) is 4.90 Å². The van der Waals surface area contributed by atoms with Crippen LogP contribution in [-0.2, 0) is 20.7 Å². The minimum Gasteiger partial charge on any atom is -0.384 e. The van der Waals surface area contributed by atoms with Crippen molar-refractivity contribution in [2.45, 2.75) is 25.7 Å². The quantitative estimate of drug-likeness (QED) is 0.837. The number of likely N-dealkylation sites (tertiary alicyclic amines) is 1. The van der Waals surface area contributed by atoms with Crippen molar-refractivity contribution >= 4 is 5.91 Å². The van der Waals surface area contributed by atoms with E-state index in [1.54, 1.807) is 7.11 Å². The van der Waals surface area contributed by atoms with Gasteiger partial charge in [0.25, 0.3) is 0 Å². The maximum atomic E-state index is 12.6. The minimum absolute atomic E-state index is 0.205. The van der Waals surface area contributed by atoms with Crippen molar-refractivity contribution in [3.05, 3.63) is 35.9 Å². The van der Waals surface area contributed by atoms with Crippen LogP contribution in [-0.4, -0.2) is 50.8 Å². The van der Waals surface area contributed by atoms with Crippen LogP contribution in [0.3, 0.4) is 0 Å². The van der Waals surface area contributed by atoms with Gasteiger partial charge < -0.3 is 14.4 Å². The number of hydrogen-bond donors (Lipinski definition) is 0. The Balaban J connectivity index is 1.60. The smallest absolute Gasteiger partial charge is 0.222 e. The average molecular weight is 317 g/mol. The summed E-state index contributed by atoms with van der Waals surface area (Å²) in [5.41, 5.74) is 1.44. The number of methoxy groups -OCH3 is 1. The van der Waals surface area contributed by atoms with E-state index in [9.17, 15) is 4.79 Å². The van der Waals surface area contributed by atoms with Gasteiger partial charge in [0, 0.05) is 45.8 Å². The number of amides is 1. The lowest BCUT2D eigenvalue weighted by atomic mass is 9.72. The van der Waals surface area contributed by atoms with Crippen molar-refractivity contribution in [1.29, 1.82) is 0 Å². The number of carbonyl (C=O) groups excluding carboxylic acids is 1. The molecule has 3 rings (SSSR count). The highest BCUT2D eigenvalue weighted by atomic mass is 16.5. The minimum atomic E-state index is 0.205. The second kappa shape index (κ2) is 7.45. The largest absolute Gasteiger partial charge is 0.384 e. The van der Waals surface area contributed by atoms with E-state index >= 15 is 0 Å². The Morgan fingerprint density at radius 2 is 2.04 bits per heavy atom. The standard InChI is InChI=1S/C19H27NO3/c1-22-14-17-13-20(15-19(17)9-11-23-12-10-19)18(21)8-7-16-5-3-2-4-6-16/h2-6,17H,7-15H2,1H3/t17-/m1/s1. The normalized spacial score (nSPS) is 23.3. The number of hydrogen-bond acceptors (Lipinski definition) is 3. The Labute approximate surface area is 138 Å². The lowest BCUT2D eigenvalue weighted by Crippen LogP contribution is -2.39. The molecule has 2 aliphatic heterocycles. The van der Waals surface area contributed by atoms with Crippen LogP contribution in [0.2, 0.25) is 0 Å². The summed E-state index contributed by atoms with van der Waals surface area (Å²) in [6, 6.07) is 10.2. The predicted molar refractivity (Wildman–Crippen MR) is 89.2 cm³/mol. The molecule has 4 heteroatoms. The van der Waals surface area contributed by atoms with E-state index in [-0.39, 0.29) is 11.3 Å². The second-order valence-electron chi connectivity index (χ2n) is 6.89. The van der Waals surface area contributed by atoms with Gasteiger partial charge in [0.1, 0.15) is 0 Å². The number of carbonyl (C=O) groups is 1. The fraction of sp³-hybridized carbons (Fsp3) is 0.632. The van der Waals surface area contributed by atoms with Gasteiger partial charge in [0.05, 0.1) is 6.61 Å². The van der Waals surface area contributed by atoms with Crippen molar-refractivity contribution in [3.8, 4) is 0 Å². The van der Waals surface area contributed by atoms with Crippen molar-refractivity contribution in [2.24, 2.45) is 11.3 Å². The van der Waals surface area contributed by atoms with Gasteiger partial charge in [0.2, 0.25) is 5.91 Å². The Morgan fingerprint density at radius 1 is 1.30 bits per heavy atom. The molecule has 0 aromatic heterocycles. The zero-order chi connectivity index (χ0) is 16.1. The third kappa shape index (κ3) is 3.75. The molecular formula is C19H27NO3. The monoisotopic (exact) mass is 317 g/mol. The van der Waals surface area contributed by atoms with Gasteiger partial charge >= 0.3 is 0 Å². The first-order valence-electron chi connectivity index (χ1n) is 8.62. The summed E-state index contributed by atoms with van der Waals surface area (Å²) < 4.78 is 11.0. The molecule has 0 radical (unpaired) electrons. The number of benzene rings is 1. The first-order valence-corrected chi connectivity index (χ1v) is 8.62. The maximum absolute atomic E-state index is 12.6. The Morgan fingerprint density at radius 3 is 2.74 bits per heavy atom. The van der Waals surface area contributed by atoms with E-state index in [1.807, 2.05) is 18.2 Å². The number of nitrogens with zero attached hydrogens (tertiary/aromatic N) is 1. The zero-order valence-corrected chi connectivity index (χ0v) is 14.0. The van der Waals surface area contributed by atoms with Gasteiger partial charge in [-0.05, 0) is 30.2 Å². The molecule has 1 aromatic rings. The van der Waals surface area contributed by atoms with Crippen LogP contribution in [0.5, 0.6) is 0 Å². The summed E-state index contributed by atoms with van der Waals surface area (Å²) in [7, 11) is 1.76. The Hall–Kier alpha value is -1.39. The van der Waals surface area contributed by atoms with E-state index in [4.69, 9.17) is 9.47 Å². The van der Waals surface area contributed by atoms with E-state index in [0.717, 1.165) is 52.2 Å². The summed E-state index contributed by atoms with van der Waals surface area (Å²) in [5, 5.41) is 0. The molecule has 1 spiro atoms. The summed E-state index contributed by atoms with van der Waals surface area (Å²) in [5.74, 6) is 0.718. The Kier molecular flexibility index (Phi) is 5.34. The summed E-state index contributed by atoms with van der Waals surface area (Å²) in [6.45, 7) is 4.07. The first kappa shape index (κ1) is 16.5. The molecule has 1 atom stereocenters. The van der Waals surface area contributed by atoms with E-state index < -0.39 is 0 Å². The van der Waals surface area contributed by atoms with Gasteiger partial charge in [0.15, 0.2) is 0 Å². The van der Waals surface area contributed by atoms with Gasteiger partial charge in [-0.1, -0.05) is 30.3 Å². The molecule has 2 saturated heterocycles. The molecule has 2 fully saturated rings. The molecule has 0 saturated carbocycles. The van der Waals surface area contributed by atoms with Crippen LogP contribution in [0, 0.1) is 11.3 Å². The molecular weight excluding hydrogens is 290 g/mol. The lowest BCUT2D eigenvalue weighted by Gasteiger charge is -2.37. The fourth-order valence-corrected chi connectivity index (χ4v) is 4.05. The Bertz CT molecular complexity index is 511. The van der Waals surface area contributed by atoms with Gasteiger partial charge in [-0.2, -0.15) is 0 Å². The van der Waals surface area contributed by atoms with Crippen LogP contribution < -0.4 is 0 Å². The van der Waals surface area contributed by atoms with Crippen molar-refractivity contribution in [2.75, 3.05) is 40.0 Å². The number of ether oxygens (including phenoxy) is 2. The molecule has 0 aliphatic carbocycles. The summed E-state index contributed by atoms with van der Waals surface area (Å²) in [4.78, 5) is 14.7. The highest BCUT2D eigenvalue weighted by Gasteiger charge is 2.48. The van der Waals surface area contributed by atoms with E-state index in [2.05, 4.69) is 17.0 Å². The molecule has 2 aliphatic rings. The maximum Gasteiger partial charge on any atom is 0.222 e. The molecule has 0 unspecified atom stereocenters. The molecule has 0 N–H and O–H groups in total. The van der Waals surface area contributed by atoms with Crippen LogP contribution in [0.1, 0.15) is 24.8 Å². The number of rotatable bonds is 5. The van der Waals surface area contributed by atoms with Crippen LogP contribution >= 0.6 is 0 Å². The van der Waals surface area contributed by atoms with Crippen molar-refractivity contribution < 1.29 is 14.3 Å². The van der Waals surface area contributed by atoms with Gasteiger partial charge in [-0.15, -0.1) is 0 Å². The van der Waals surface area contributed by atoms with E-state index in [1.165, 1.54) is 5.56 Å². The molecule has 4 nitrogen and oxygen atoms in total. The topological polar surface area (TPSA) is 38.8 Å². The second-order valence-corrected chi connectivity index (χ2v) is 6.89. The predicted octanol–water partition coefficient (Wildman–Crippen LogP) is 2.52. The van der Waals surface area contributed by atoms with E-state index in [0.29, 0.717) is 12.3 Å². The first-order chi connectivity index (χ1) is 11.2. The van der Waals surface area contributed by atoms with Crippen LogP contribution in [0.15, 0.2) is 30.3 Å². The molecule has 1 amide bonds. The molecule has 2 heterocycles. The van der Waals surface area contributed by atoms with Gasteiger partial charge in [-0.3, -0.25) is 4.79 Å². The highest BCUT2D eigenvalue weighted by Crippen LogP contribution is 2.44. The third-order valence-electron chi connectivity index (χ3n) is 5.49. The third-order valence-corrected chi connectivity index (χ3v) is 5.49. The SMILES string of the molecule is COC[C@H]1CN(C(=O)CCc2ccccc2)CC12CCOCC2. The summed E-state index contributed by atoms with van der Waals surface area (Å²) in [6.07, 6.45) is 3.50. The van der Waals surface area contributed by atoms with Gasteiger partial charge in [-0.25, -0.2) is 0 Å². The lowest BCUT2D eigenvalue weighted by molar-refractivity contribution is -0.130. The fourth-order valence-electron chi connectivity index (χ4n) is 4.05. The molecule has 1 aromatic carbocycles. The van der Waals surface area contributed by atoms with Crippen LogP contribution in [0.4, 0.5) is 0 Å².